The fourth-order valence-corrected chi connectivity index (χ4v) is 2.87. The fraction of sp³-hybridized carbons (Fsp3) is 0.111. The van der Waals surface area contributed by atoms with E-state index in [1.54, 1.807) is 0 Å². The van der Waals surface area contributed by atoms with Gasteiger partial charge < -0.3 is 4.74 Å². The Balaban J connectivity index is 1.73. The molecule has 0 saturated heterocycles. The fourth-order valence-electron chi connectivity index (χ4n) is 2.60. The average Bonchev–Trinajstić information content (AvgIpc) is 3.06. The molecular formula is C18H13ClN2O. The Kier molecular flexibility index (Phi) is 3.28. The Hall–Kier alpha value is -2.39. The van der Waals surface area contributed by atoms with Crippen LogP contribution in [0.5, 0.6) is 0 Å². The zero-order valence-electron chi connectivity index (χ0n) is 11.7. The van der Waals surface area contributed by atoms with Crippen molar-refractivity contribution < 1.29 is 4.74 Å². The summed E-state index contributed by atoms with van der Waals surface area (Å²) in [7, 11) is 0. The number of hydrogen-bond donors (Lipinski definition) is 0. The molecule has 0 fully saturated rings. The van der Waals surface area contributed by atoms with Gasteiger partial charge in [-0.05, 0) is 17.7 Å². The number of pyridine rings is 1. The van der Waals surface area contributed by atoms with Crippen LogP contribution in [-0.2, 0) is 4.74 Å². The Morgan fingerprint density at radius 2 is 1.77 bits per heavy atom. The minimum absolute atomic E-state index is 0.0169. The van der Waals surface area contributed by atoms with Crippen molar-refractivity contribution in [2.24, 2.45) is 4.99 Å². The second kappa shape index (κ2) is 5.43. The van der Waals surface area contributed by atoms with Crippen LogP contribution in [0.2, 0.25) is 5.02 Å². The van der Waals surface area contributed by atoms with Gasteiger partial charge in [0, 0.05) is 5.39 Å². The van der Waals surface area contributed by atoms with Crippen molar-refractivity contribution in [2.75, 3.05) is 6.61 Å². The lowest BCUT2D eigenvalue weighted by molar-refractivity contribution is 0.319. The van der Waals surface area contributed by atoms with Crippen molar-refractivity contribution in [3.63, 3.8) is 0 Å². The van der Waals surface area contributed by atoms with Crippen LogP contribution < -0.4 is 0 Å². The van der Waals surface area contributed by atoms with Crippen LogP contribution >= 0.6 is 11.6 Å². The van der Waals surface area contributed by atoms with E-state index in [0.29, 0.717) is 23.2 Å². The molecule has 0 spiro atoms. The zero-order valence-corrected chi connectivity index (χ0v) is 12.5. The molecule has 1 aromatic heterocycles. The van der Waals surface area contributed by atoms with Gasteiger partial charge in [-0.25, -0.2) is 9.98 Å². The monoisotopic (exact) mass is 308 g/mol. The standard InChI is InChI=1S/C18H13ClN2O/c19-14-10-16(20-15-9-5-4-8-13(14)15)18-21-17(11-22-18)12-6-2-1-3-7-12/h1-10,17H,11H2/t17-/m0/s1. The van der Waals surface area contributed by atoms with Crippen molar-refractivity contribution in [2.45, 2.75) is 6.04 Å². The molecule has 4 rings (SSSR count). The number of hydrogen-bond acceptors (Lipinski definition) is 3. The lowest BCUT2D eigenvalue weighted by Gasteiger charge is -2.04. The van der Waals surface area contributed by atoms with E-state index in [9.17, 15) is 0 Å². The van der Waals surface area contributed by atoms with E-state index in [4.69, 9.17) is 16.3 Å². The Morgan fingerprint density at radius 3 is 2.64 bits per heavy atom. The summed E-state index contributed by atoms with van der Waals surface area (Å²) in [6, 6.07) is 19.7. The van der Waals surface area contributed by atoms with Crippen molar-refractivity contribution >= 4 is 28.4 Å². The third kappa shape index (κ3) is 2.34. The van der Waals surface area contributed by atoms with Crippen LogP contribution in [-0.4, -0.2) is 17.5 Å². The topological polar surface area (TPSA) is 34.5 Å². The Bertz CT molecular complexity index is 861. The minimum Gasteiger partial charge on any atom is -0.474 e. The molecule has 2 heterocycles. The third-order valence-electron chi connectivity index (χ3n) is 3.72. The van der Waals surface area contributed by atoms with Crippen LogP contribution in [0.1, 0.15) is 17.3 Å². The van der Waals surface area contributed by atoms with Gasteiger partial charge in [-0.3, -0.25) is 0 Å². The first-order chi connectivity index (χ1) is 10.8. The lowest BCUT2D eigenvalue weighted by atomic mass is 10.1. The molecule has 22 heavy (non-hydrogen) atoms. The molecule has 0 amide bonds. The van der Waals surface area contributed by atoms with Gasteiger partial charge >= 0.3 is 0 Å². The first-order valence-electron chi connectivity index (χ1n) is 7.12. The van der Waals surface area contributed by atoms with E-state index in [2.05, 4.69) is 22.1 Å². The van der Waals surface area contributed by atoms with Gasteiger partial charge in [-0.2, -0.15) is 0 Å². The summed E-state index contributed by atoms with van der Waals surface area (Å²) in [5.41, 5.74) is 2.67. The van der Waals surface area contributed by atoms with Gasteiger partial charge in [-0.1, -0.05) is 60.1 Å². The lowest BCUT2D eigenvalue weighted by Crippen LogP contribution is -2.04. The van der Waals surface area contributed by atoms with E-state index in [-0.39, 0.29) is 6.04 Å². The van der Waals surface area contributed by atoms with Crippen LogP contribution in [0.25, 0.3) is 10.9 Å². The van der Waals surface area contributed by atoms with Crippen molar-refractivity contribution in [1.82, 2.24) is 4.98 Å². The number of halogens is 1. The predicted octanol–water partition coefficient (Wildman–Crippen LogP) is 4.41. The summed E-state index contributed by atoms with van der Waals surface area (Å²) >= 11 is 6.34. The van der Waals surface area contributed by atoms with Crippen molar-refractivity contribution in [3.05, 3.63) is 76.9 Å². The van der Waals surface area contributed by atoms with Crippen LogP contribution in [0, 0.1) is 0 Å². The highest BCUT2D eigenvalue weighted by Crippen LogP contribution is 2.27. The normalized spacial score (nSPS) is 17.3. The molecule has 1 aliphatic heterocycles. The molecule has 4 heteroatoms. The number of fused-ring (bicyclic) bond motifs is 1. The maximum absolute atomic E-state index is 6.34. The summed E-state index contributed by atoms with van der Waals surface area (Å²) in [5, 5.41) is 1.60. The first-order valence-corrected chi connectivity index (χ1v) is 7.50. The SMILES string of the molecule is Clc1cc(C2=N[C@H](c3ccccc3)CO2)nc2ccccc12. The van der Waals surface area contributed by atoms with Gasteiger partial charge in [0.1, 0.15) is 18.3 Å². The second-order valence-corrected chi connectivity index (χ2v) is 5.59. The molecular weight excluding hydrogens is 296 g/mol. The quantitative estimate of drug-likeness (QED) is 0.703. The molecule has 2 aromatic carbocycles. The van der Waals surface area contributed by atoms with Crippen LogP contribution in [0.4, 0.5) is 0 Å². The Labute approximate surface area is 133 Å². The number of benzene rings is 2. The Morgan fingerprint density at radius 1 is 1.00 bits per heavy atom. The summed E-state index contributed by atoms with van der Waals surface area (Å²) in [6.45, 7) is 0.533. The molecule has 0 saturated carbocycles. The number of para-hydroxylation sites is 1. The van der Waals surface area contributed by atoms with E-state index in [1.165, 1.54) is 0 Å². The summed E-state index contributed by atoms with van der Waals surface area (Å²) in [4.78, 5) is 9.26. The molecule has 0 bridgehead atoms. The molecule has 3 nitrogen and oxygen atoms in total. The smallest absolute Gasteiger partial charge is 0.236 e. The zero-order chi connectivity index (χ0) is 14.9. The van der Waals surface area contributed by atoms with Crippen LogP contribution in [0.15, 0.2) is 65.7 Å². The van der Waals surface area contributed by atoms with Gasteiger partial charge in [0.2, 0.25) is 5.90 Å². The number of nitrogens with zero attached hydrogens (tertiary/aromatic N) is 2. The van der Waals surface area contributed by atoms with E-state index in [1.807, 2.05) is 48.5 Å². The van der Waals surface area contributed by atoms with E-state index >= 15 is 0 Å². The number of aliphatic imine (C=N–C) groups is 1. The van der Waals surface area contributed by atoms with Gasteiger partial charge in [-0.15, -0.1) is 0 Å². The van der Waals surface area contributed by atoms with Gasteiger partial charge in [0.25, 0.3) is 0 Å². The molecule has 0 aliphatic carbocycles. The van der Waals surface area contributed by atoms with Crippen molar-refractivity contribution in [1.29, 1.82) is 0 Å². The van der Waals surface area contributed by atoms with E-state index in [0.717, 1.165) is 16.5 Å². The van der Waals surface area contributed by atoms with Gasteiger partial charge in [0.15, 0.2) is 0 Å². The molecule has 0 radical (unpaired) electrons. The van der Waals surface area contributed by atoms with Crippen molar-refractivity contribution in [3.8, 4) is 0 Å². The first kappa shape index (κ1) is 13.3. The van der Waals surface area contributed by atoms with E-state index < -0.39 is 0 Å². The highest BCUT2D eigenvalue weighted by atomic mass is 35.5. The number of rotatable bonds is 2. The third-order valence-corrected chi connectivity index (χ3v) is 4.03. The highest BCUT2D eigenvalue weighted by Gasteiger charge is 2.23. The molecule has 3 aromatic rings. The summed E-state index contributed by atoms with van der Waals surface area (Å²) in [5.74, 6) is 0.557. The molecule has 1 atom stereocenters. The summed E-state index contributed by atoms with van der Waals surface area (Å²) in [6.07, 6.45) is 0. The molecule has 0 N–H and O–H groups in total. The molecule has 1 aliphatic rings. The predicted molar refractivity (Wildman–Crippen MR) is 88.4 cm³/mol. The number of aromatic nitrogens is 1. The van der Waals surface area contributed by atoms with Gasteiger partial charge in [0.05, 0.1) is 10.5 Å². The highest BCUT2D eigenvalue weighted by molar-refractivity contribution is 6.35. The largest absolute Gasteiger partial charge is 0.474 e. The average molecular weight is 309 g/mol. The van der Waals surface area contributed by atoms with Crippen LogP contribution in [0.3, 0.4) is 0 Å². The second-order valence-electron chi connectivity index (χ2n) is 5.18. The minimum atomic E-state index is 0.0169. The maximum atomic E-state index is 6.34. The molecule has 0 unspecified atom stereocenters. The summed E-state index contributed by atoms with van der Waals surface area (Å²) < 4.78 is 5.74. The number of ether oxygens (including phenoxy) is 1. The molecule has 108 valence electrons. The maximum Gasteiger partial charge on any atom is 0.236 e.